The summed E-state index contributed by atoms with van der Waals surface area (Å²) in [7, 11) is 0. The van der Waals surface area contributed by atoms with Crippen LogP contribution in [0, 0.1) is 5.92 Å². The number of benzene rings is 4. The molecular weight excluding hydrogens is 640 g/mol. The number of Topliss-reactive ketones (excluding diaryl/α,β-unsaturated/α-hetero) is 1. The van der Waals surface area contributed by atoms with Crippen LogP contribution in [-0.2, 0) is 6.42 Å². The first-order valence-electron chi connectivity index (χ1n) is 15.9. The molecule has 0 heterocycles. The van der Waals surface area contributed by atoms with E-state index in [1.165, 1.54) is 42.5 Å². The third-order valence-corrected chi connectivity index (χ3v) is 8.93. The fourth-order valence-electron chi connectivity index (χ4n) is 6.44. The average molecular weight is 679 g/mol. The van der Waals surface area contributed by atoms with Crippen molar-refractivity contribution in [3.8, 4) is 46.0 Å². The monoisotopic (exact) mass is 678 g/mol. The molecule has 0 radical (unpaired) electrons. The van der Waals surface area contributed by atoms with Gasteiger partial charge in [-0.2, -0.15) is 0 Å². The first-order chi connectivity index (χ1) is 23.6. The van der Waals surface area contributed by atoms with Gasteiger partial charge in [-0.1, -0.05) is 29.4 Å². The molecule has 0 aromatic heterocycles. The Kier molecular flexibility index (Phi) is 9.94. The molecule has 3 atom stereocenters. The highest BCUT2D eigenvalue weighted by Gasteiger charge is 2.42. The number of carbonyl (C=O) groups is 2. The van der Waals surface area contributed by atoms with E-state index in [-0.39, 0.29) is 63.8 Å². The molecule has 50 heavy (non-hydrogen) atoms. The van der Waals surface area contributed by atoms with Crippen LogP contribution in [0.15, 0.2) is 90.0 Å². The van der Waals surface area contributed by atoms with E-state index in [0.29, 0.717) is 11.1 Å². The number of allylic oxidation sites excluding steroid dienone is 5. The molecule has 1 aliphatic carbocycles. The number of rotatable bonds is 9. The lowest BCUT2D eigenvalue weighted by atomic mass is 9.65. The minimum absolute atomic E-state index is 0.0996. The first kappa shape index (κ1) is 35.2. The van der Waals surface area contributed by atoms with Crippen LogP contribution in [0.25, 0.3) is 6.08 Å². The first-order valence-corrected chi connectivity index (χ1v) is 15.9. The van der Waals surface area contributed by atoms with Gasteiger partial charge in [0.05, 0.1) is 11.1 Å². The van der Waals surface area contributed by atoms with Crippen molar-refractivity contribution in [2.75, 3.05) is 0 Å². The lowest BCUT2D eigenvalue weighted by Gasteiger charge is -2.37. The smallest absolute Gasteiger partial charge is 0.189 e. The Labute approximate surface area is 288 Å². The van der Waals surface area contributed by atoms with E-state index in [0.717, 1.165) is 41.5 Å². The zero-order valence-corrected chi connectivity index (χ0v) is 27.6. The molecule has 258 valence electrons. The number of carbonyl (C=O) groups excluding carboxylic acids is 2. The molecule has 0 saturated carbocycles. The predicted octanol–water partition coefficient (Wildman–Crippen LogP) is 7.45. The molecule has 4 aromatic carbocycles. The molecule has 5 rings (SSSR count). The Morgan fingerprint density at radius 1 is 0.700 bits per heavy atom. The number of ketones is 2. The summed E-state index contributed by atoms with van der Waals surface area (Å²) in [4.78, 5) is 28.1. The van der Waals surface area contributed by atoms with Gasteiger partial charge >= 0.3 is 0 Å². The van der Waals surface area contributed by atoms with Crippen molar-refractivity contribution in [1.29, 1.82) is 0 Å². The number of aromatic hydroxyl groups is 8. The molecule has 0 bridgehead atoms. The average Bonchev–Trinajstić information content (AvgIpc) is 3.03. The summed E-state index contributed by atoms with van der Waals surface area (Å²) in [5, 5.41) is 84.2. The Morgan fingerprint density at radius 3 is 1.98 bits per heavy atom. The Bertz CT molecular complexity index is 2080. The molecule has 1 aliphatic rings. The van der Waals surface area contributed by atoms with Crippen LogP contribution in [0.4, 0.5) is 0 Å². The fraction of sp³-hybridized carbons (Fsp3) is 0.200. The molecule has 0 aliphatic heterocycles. The van der Waals surface area contributed by atoms with Gasteiger partial charge < -0.3 is 40.9 Å². The van der Waals surface area contributed by atoms with Gasteiger partial charge in [-0.25, -0.2) is 0 Å². The molecule has 0 amide bonds. The highest BCUT2D eigenvalue weighted by atomic mass is 16.3. The lowest BCUT2D eigenvalue weighted by Crippen LogP contribution is -2.31. The van der Waals surface area contributed by atoms with Crippen molar-refractivity contribution in [2.24, 2.45) is 5.92 Å². The van der Waals surface area contributed by atoms with Crippen LogP contribution < -0.4 is 0 Å². The van der Waals surface area contributed by atoms with Crippen LogP contribution in [0.3, 0.4) is 0 Å². The van der Waals surface area contributed by atoms with Crippen LogP contribution in [0.5, 0.6) is 46.0 Å². The molecule has 0 unspecified atom stereocenters. The van der Waals surface area contributed by atoms with Crippen molar-refractivity contribution in [2.45, 2.75) is 45.4 Å². The van der Waals surface area contributed by atoms with E-state index < -0.39 is 46.6 Å². The second-order valence-electron chi connectivity index (χ2n) is 12.8. The summed E-state index contributed by atoms with van der Waals surface area (Å²) >= 11 is 0. The fourth-order valence-corrected chi connectivity index (χ4v) is 6.44. The normalized spacial score (nSPS) is 17.3. The SMILES string of the molecule is CC(C)=CCc1cc(C(=O)[C@@H]2[C@@H](c3cc(C(=O)/C=C/c4ccc(O)cc4O)c(O)cc3O)C=C(C)C[C@H]2c2ccc(O)cc2O)c(O)cc1O. The van der Waals surface area contributed by atoms with Gasteiger partial charge in [0.2, 0.25) is 0 Å². The summed E-state index contributed by atoms with van der Waals surface area (Å²) in [5.74, 6) is -6.62. The van der Waals surface area contributed by atoms with Gasteiger partial charge in [-0.05, 0) is 87.2 Å². The maximum atomic E-state index is 14.7. The standard InChI is InChI=1S/C40H38O10/c1-20(2)4-5-23-14-31(38(49)18-34(23)45)40(50)39-28(26-10-9-25(42)16-35(26)46)12-21(3)13-29(39)27-17-30(37(48)19-36(27)47)32(43)11-7-22-6-8-24(41)15-33(22)44/h4,6-11,13-19,28-29,39,41-42,44-49H,5,12H2,1-3H3/b11-7+/t28-,29+,39-/m0/s1. The Hall–Kier alpha value is -6.16. The number of hydrogen-bond acceptors (Lipinski definition) is 10. The third-order valence-electron chi connectivity index (χ3n) is 8.93. The summed E-state index contributed by atoms with van der Waals surface area (Å²) in [6, 6.07) is 12.6. The molecule has 10 heteroatoms. The molecule has 4 aromatic rings. The highest BCUT2D eigenvalue weighted by Crippen LogP contribution is 2.51. The van der Waals surface area contributed by atoms with Gasteiger partial charge in [0.25, 0.3) is 0 Å². The van der Waals surface area contributed by atoms with E-state index in [1.807, 2.05) is 26.8 Å². The molecule has 0 fully saturated rings. The third kappa shape index (κ3) is 7.29. The van der Waals surface area contributed by atoms with E-state index in [2.05, 4.69) is 0 Å². The van der Waals surface area contributed by atoms with E-state index in [9.17, 15) is 50.4 Å². The highest BCUT2D eigenvalue weighted by molar-refractivity contribution is 6.09. The molecule has 8 N–H and O–H groups in total. The van der Waals surface area contributed by atoms with Crippen molar-refractivity contribution in [1.82, 2.24) is 0 Å². The predicted molar refractivity (Wildman–Crippen MR) is 187 cm³/mol. The molecule has 0 spiro atoms. The van der Waals surface area contributed by atoms with E-state index >= 15 is 0 Å². The van der Waals surface area contributed by atoms with Gasteiger partial charge in [-0.3, -0.25) is 9.59 Å². The number of hydrogen-bond donors (Lipinski definition) is 8. The van der Waals surface area contributed by atoms with Crippen LogP contribution >= 0.6 is 0 Å². The second-order valence-corrected chi connectivity index (χ2v) is 12.8. The topological polar surface area (TPSA) is 196 Å². The minimum atomic E-state index is -1.11. The van der Waals surface area contributed by atoms with Crippen molar-refractivity contribution < 1.29 is 50.4 Å². The maximum Gasteiger partial charge on any atom is 0.189 e. The van der Waals surface area contributed by atoms with Crippen molar-refractivity contribution in [3.05, 3.63) is 123 Å². The lowest BCUT2D eigenvalue weighted by molar-refractivity contribution is 0.0877. The van der Waals surface area contributed by atoms with Crippen LogP contribution in [-0.4, -0.2) is 52.4 Å². The Morgan fingerprint density at radius 2 is 1.32 bits per heavy atom. The zero-order valence-electron chi connectivity index (χ0n) is 27.6. The minimum Gasteiger partial charge on any atom is -0.508 e. The maximum absolute atomic E-state index is 14.7. The molecule has 0 saturated heterocycles. The molecular formula is C40H38O10. The van der Waals surface area contributed by atoms with Gasteiger partial charge in [-0.15, -0.1) is 0 Å². The van der Waals surface area contributed by atoms with E-state index in [1.54, 1.807) is 6.08 Å². The summed E-state index contributed by atoms with van der Waals surface area (Å²) < 4.78 is 0. The number of phenols is 8. The Balaban J connectivity index is 1.66. The van der Waals surface area contributed by atoms with Crippen LogP contribution in [0.1, 0.15) is 82.0 Å². The molecule has 10 nitrogen and oxygen atoms in total. The second kappa shape index (κ2) is 14.1. The summed E-state index contributed by atoms with van der Waals surface area (Å²) in [6.07, 6.45) is 6.57. The van der Waals surface area contributed by atoms with Crippen molar-refractivity contribution >= 4 is 17.6 Å². The number of phenolic OH excluding ortho intramolecular Hbond substituents is 8. The summed E-state index contributed by atoms with van der Waals surface area (Å²) in [6.45, 7) is 5.58. The van der Waals surface area contributed by atoms with E-state index in [4.69, 9.17) is 0 Å². The summed E-state index contributed by atoms with van der Waals surface area (Å²) in [5.41, 5.74) is 2.49. The largest absolute Gasteiger partial charge is 0.508 e. The zero-order chi connectivity index (χ0) is 36.4. The van der Waals surface area contributed by atoms with Gasteiger partial charge in [0.1, 0.15) is 46.0 Å². The van der Waals surface area contributed by atoms with Crippen LogP contribution in [0.2, 0.25) is 0 Å². The van der Waals surface area contributed by atoms with Gasteiger partial charge in [0.15, 0.2) is 11.6 Å². The quantitative estimate of drug-likeness (QED) is 0.0500. The van der Waals surface area contributed by atoms with Crippen molar-refractivity contribution in [3.63, 3.8) is 0 Å². The van der Waals surface area contributed by atoms with Gasteiger partial charge in [0, 0.05) is 53.1 Å².